The first kappa shape index (κ1) is 17.6. The van der Waals surface area contributed by atoms with Crippen molar-refractivity contribution in [3.8, 4) is 0 Å². The number of amides is 2. The molecule has 1 spiro atoms. The molecule has 2 unspecified atom stereocenters. The Balaban J connectivity index is 1.17. The fourth-order valence-electron chi connectivity index (χ4n) is 5.57. The Hall–Kier alpha value is -0.810. The number of ether oxygens (including phenoxy) is 1. The van der Waals surface area contributed by atoms with Gasteiger partial charge in [-0.25, -0.2) is 4.79 Å². The third kappa shape index (κ3) is 4.13. The number of rotatable bonds is 3. The summed E-state index contributed by atoms with van der Waals surface area (Å²) < 4.78 is 6.37. The molecule has 0 aromatic carbocycles. The Kier molecular flexibility index (Phi) is 5.51. The number of hydrogen-bond acceptors (Lipinski definition) is 3. The predicted octanol–water partition coefficient (Wildman–Crippen LogP) is 2.90. The summed E-state index contributed by atoms with van der Waals surface area (Å²) in [5.41, 5.74) is 0.154. The summed E-state index contributed by atoms with van der Waals surface area (Å²) >= 11 is 0. The van der Waals surface area contributed by atoms with Crippen LogP contribution in [-0.4, -0.2) is 55.4 Å². The van der Waals surface area contributed by atoms with E-state index in [2.05, 4.69) is 10.6 Å². The number of urea groups is 1. The predicted molar refractivity (Wildman–Crippen MR) is 98.6 cm³/mol. The van der Waals surface area contributed by atoms with Crippen molar-refractivity contribution in [1.82, 2.24) is 15.5 Å². The fourth-order valence-corrected chi connectivity index (χ4v) is 5.57. The second kappa shape index (κ2) is 7.83. The zero-order valence-electron chi connectivity index (χ0n) is 15.6. The van der Waals surface area contributed by atoms with Gasteiger partial charge in [-0.1, -0.05) is 19.3 Å². The number of nitrogens with one attached hydrogen (secondary N) is 2. The van der Waals surface area contributed by atoms with E-state index in [0.717, 1.165) is 31.3 Å². The van der Waals surface area contributed by atoms with Crippen molar-refractivity contribution < 1.29 is 9.53 Å². The molecule has 0 aromatic rings. The molecule has 2 atom stereocenters. The lowest BCUT2D eigenvalue weighted by Gasteiger charge is -2.35. The first-order valence-electron chi connectivity index (χ1n) is 10.7. The Labute approximate surface area is 152 Å². The van der Waals surface area contributed by atoms with E-state index in [4.69, 9.17) is 4.74 Å². The molecule has 4 fully saturated rings. The van der Waals surface area contributed by atoms with Crippen LogP contribution >= 0.6 is 0 Å². The van der Waals surface area contributed by atoms with Crippen LogP contribution in [0.25, 0.3) is 0 Å². The maximum Gasteiger partial charge on any atom is 0.317 e. The van der Waals surface area contributed by atoms with Crippen LogP contribution in [-0.2, 0) is 4.74 Å². The average molecular weight is 350 g/mol. The molecule has 1 aliphatic carbocycles. The fraction of sp³-hybridized carbons (Fsp3) is 0.950. The van der Waals surface area contributed by atoms with Crippen LogP contribution < -0.4 is 10.6 Å². The Morgan fingerprint density at radius 1 is 1.04 bits per heavy atom. The minimum absolute atomic E-state index is 0.121. The van der Waals surface area contributed by atoms with Crippen molar-refractivity contribution >= 4 is 6.03 Å². The van der Waals surface area contributed by atoms with E-state index in [1.165, 1.54) is 70.9 Å². The van der Waals surface area contributed by atoms with Gasteiger partial charge < -0.3 is 20.3 Å². The van der Waals surface area contributed by atoms with Crippen LogP contribution in [0.1, 0.15) is 64.2 Å². The SMILES string of the molecule is O=C(NCC1CCC2(CCCCC2)O1)N1CCC(C2CCNC2)CC1. The topological polar surface area (TPSA) is 53.6 Å². The van der Waals surface area contributed by atoms with Gasteiger partial charge in [0.25, 0.3) is 0 Å². The molecule has 5 heteroatoms. The quantitative estimate of drug-likeness (QED) is 0.824. The molecular weight excluding hydrogens is 314 g/mol. The van der Waals surface area contributed by atoms with E-state index in [9.17, 15) is 4.79 Å². The molecule has 0 radical (unpaired) electrons. The van der Waals surface area contributed by atoms with Crippen molar-refractivity contribution in [2.24, 2.45) is 11.8 Å². The number of carbonyl (C=O) groups is 1. The Morgan fingerprint density at radius 3 is 2.56 bits per heavy atom. The highest BCUT2D eigenvalue weighted by Crippen LogP contribution is 2.41. The standard InChI is InChI=1S/C20H35N3O2/c24-19(23-12-6-16(7-13-23)17-5-11-21-14-17)22-15-18-4-10-20(25-18)8-2-1-3-9-20/h16-18,21H,1-15H2,(H,22,24). The largest absolute Gasteiger partial charge is 0.370 e. The number of nitrogens with zero attached hydrogens (tertiary/aromatic N) is 1. The van der Waals surface area contributed by atoms with Crippen LogP contribution in [0.3, 0.4) is 0 Å². The van der Waals surface area contributed by atoms with Crippen molar-refractivity contribution in [2.45, 2.75) is 75.9 Å². The van der Waals surface area contributed by atoms with E-state index < -0.39 is 0 Å². The van der Waals surface area contributed by atoms with Crippen molar-refractivity contribution in [1.29, 1.82) is 0 Å². The second-order valence-electron chi connectivity index (χ2n) is 8.79. The molecule has 2 amide bonds. The Morgan fingerprint density at radius 2 is 1.84 bits per heavy atom. The molecule has 142 valence electrons. The first-order valence-corrected chi connectivity index (χ1v) is 10.7. The molecule has 0 aromatic heterocycles. The van der Waals surface area contributed by atoms with Gasteiger partial charge in [-0.2, -0.15) is 0 Å². The zero-order chi connectivity index (χ0) is 17.1. The van der Waals surface area contributed by atoms with Crippen molar-refractivity contribution in [3.63, 3.8) is 0 Å². The molecule has 4 aliphatic rings. The van der Waals surface area contributed by atoms with Crippen LogP contribution in [0, 0.1) is 11.8 Å². The summed E-state index contributed by atoms with van der Waals surface area (Å²) in [7, 11) is 0. The summed E-state index contributed by atoms with van der Waals surface area (Å²) in [5, 5.41) is 6.62. The second-order valence-corrected chi connectivity index (χ2v) is 8.79. The summed E-state index contributed by atoms with van der Waals surface area (Å²) in [6.45, 7) is 4.88. The summed E-state index contributed by atoms with van der Waals surface area (Å²) in [5.74, 6) is 1.65. The minimum atomic E-state index is 0.121. The highest BCUT2D eigenvalue weighted by atomic mass is 16.5. The van der Waals surface area contributed by atoms with Crippen LogP contribution in [0.2, 0.25) is 0 Å². The zero-order valence-corrected chi connectivity index (χ0v) is 15.6. The number of hydrogen-bond donors (Lipinski definition) is 2. The van der Waals surface area contributed by atoms with Gasteiger partial charge in [-0.15, -0.1) is 0 Å². The molecule has 5 nitrogen and oxygen atoms in total. The summed E-state index contributed by atoms with van der Waals surface area (Å²) in [4.78, 5) is 14.5. The number of carbonyl (C=O) groups excluding carboxylic acids is 1. The lowest BCUT2D eigenvalue weighted by Crippen LogP contribution is -2.47. The smallest absolute Gasteiger partial charge is 0.317 e. The molecule has 25 heavy (non-hydrogen) atoms. The van der Waals surface area contributed by atoms with Gasteiger partial charge >= 0.3 is 6.03 Å². The molecule has 3 saturated heterocycles. The van der Waals surface area contributed by atoms with Gasteiger partial charge in [0.05, 0.1) is 11.7 Å². The molecule has 2 N–H and O–H groups in total. The van der Waals surface area contributed by atoms with E-state index in [1.807, 2.05) is 4.90 Å². The lowest BCUT2D eigenvalue weighted by atomic mass is 9.83. The van der Waals surface area contributed by atoms with Gasteiger partial charge in [-0.3, -0.25) is 0 Å². The van der Waals surface area contributed by atoms with E-state index >= 15 is 0 Å². The van der Waals surface area contributed by atoms with Crippen LogP contribution in [0.4, 0.5) is 4.79 Å². The maximum atomic E-state index is 12.5. The summed E-state index contributed by atoms with van der Waals surface area (Å²) in [6.07, 6.45) is 12.6. The monoisotopic (exact) mass is 349 g/mol. The third-order valence-corrected chi connectivity index (χ3v) is 7.18. The minimum Gasteiger partial charge on any atom is -0.370 e. The van der Waals surface area contributed by atoms with Crippen molar-refractivity contribution in [2.75, 3.05) is 32.7 Å². The highest BCUT2D eigenvalue weighted by Gasteiger charge is 2.40. The van der Waals surface area contributed by atoms with E-state index in [-0.39, 0.29) is 17.7 Å². The van der Waals surface area contributed by atoms with Gasteiger partial charge in [0.1, 0.15) is 0 Å². The summed E-state index contributed by atoms with van der Waals surface area (Å²) in [6, 6.07) is 0.121. The van der Waals surface area contributed by atoms with Gasteiger partial charge in [0, 0.05) is 19.6 Å². The number of piperidine rings is 1. The van der Waals surface area contributed by atoms with Crippen LogP contribution in [0.15, 0.2) is 0 Å². The highest BCUT2D eigenvalue weighted by molar-refractivity contribution is 5.74. The first-order chi connectivity index (χ1) is 12.2. The average Bonchev–Trinajstić information content (AvgIpc) is 3.31. The van der Waals surface area contributed by atoms with Crippen molar-refractivity contribution in [3.05, 3.63) is 0 Å². The van der Waals surface area contributed by atoms with E-state index in [1.54, 1.807) is 0 Å². The van der Waals surface area contributed by atoms with Crippen LogP contribution in [0.5, 0.6) is 0 Å². The Bertz CT molecular complexity index is 450. The normalized spacial score (nSPS) is 33.0. The molecule has 1 saturated carbocycles. The van der Waals surface area contributed by atoms with Gasteiger partial charge in [-0.05, 0) is 69.9 Å². The molecule has 3 aliphatic heterocycles. The van der Waals surface area contributed by atoms with Gasteiger partial charge in [0.15, 0.2) is 0 Å². The van der Waals surface area contributed by atoms with E-state index in [0.29, 0.717) is 6.54 Å². The molecule has 4 rings (SSSR count). The molecular formula is C20H35N3O2. The third-order valence-electron chi connectivity index (χ3n) is 7.18. The molecule has 0 bridgehead atoms. The molecule has 3 heterocycles. The lowest BCUT2D eigenvalue weighted by molar-refractivity contribution is -0.0618. The van der Waals surface area contributed by atoms with Gasteiger partial charge in [0.2, 0.25) is 0 Å². The number of likely N-dealkylation sites (tertiary alicyclic amines) is 1. The maximum absolute atomic E-state index is 12.5.